The average molecular weight is 236 g/mol. The van der Waals surface area contributed by atoms with Crippen molar-refractivity contribution in [2.45, 2.75) is 19.4 Å². The predicted molar refractivity (Wildman–Crippen MR) is 63.4 cm³/mol. The molecule has 0 bridgehead atoms. The minimum absolute atomic E-state index is 0.115. The van der Waals surface area contributed by atoms with Gasteiger partial charge in [-0.3, -0.25) is 0 Å². The van der Waals surface area contributed by atoms with Crippen molar-refractivity contribution in [2.24, 2.45) is 0 Å². The molecule has 5 nitrogen and oxygen atoms in total. The van der Waals surface area contributed by atoms with Crippen LogP contribution in [0.3, 0.4) is 0 Å². The summed E-state index contributed by atoms with van der Waals surface area (Å²) in [4.78, 5) is 17.1. The van der Waals surface area contributed by atoms with Gasteiger partial charge in [0.1, 0.15) is 5.82 Å². The van der Waals surface area contributed by atoms with Crippen molar-refractivity contribution in [3.63, 3.8) is 0 Å². The van der Waals surface area contributed by atoms with Crippen LogP contribution in [0.4, 0.5) is 5.82 Å². The van der Waals surface area contributed by atoms with Crippen molar-refractivity contribution in [3.05, 3.63) is 23.9 Å². The maximum absolute atomic E-state index is 10.7. The van der Waals surface area contributed by atoms with Gasteiger partial charge in [-0.15, -0.1) is 0 Å². The van der Waals surface area contributed by atoms with E-state index >= 15 is 0 Å². The lowest BCUT2D eigenvalue weighted by atomic mass is 10.0. The van der Waals surface area contributed by atoms with E-state index in [2.05, 4.69) is 23.7 Å². The van der Waals surface area contributed by atoms with E-state index in [9.17, 15) is 4.79 Å². The number of aromatic nitrogens is 1. The summed E-state index contributed by atoms with van der Waals surface area (Å²) in [6.45, 7) is 6.26. The van der Waals surface area contributed by atoms with Gasteiger partial charge in [0.05, 0.1) is 24.3 Å². The topological polar surface area (TPSA) is 62.7 Å². The van der Waals surface area contributed by atoms with E-state index in [1.165, 1.54) is 6.20 Å². The lowest BCUT2D eigenvalue weighted by Crippen LogP contribution is -2.53. The Hall–Kier alpha value is -1.62. The average Bonchev–Trinajstić information content (AvgIpc) is 2.28. The fourth-order valence-corrected chi connectivity index (χ4v) is 1.96. The summed E-state index contributed by atoms with van der Waals surface area (Å²) >= 11 is 0. The Balaban J connectivity index is 2.24. The number of carbonyl (C=O) groups is 1. The number of carboxylic acid groups (broad SMARTS) is 1. The number of ether oxygens (including phenoxy) is 1. The maximum Gasteiger partial charge on any atom is 0.337 e. The third-order valence-electron chi connectivity index (χ3n) is 2.92. The highest BCUT2D eigenvalue weighted by atomic mass is 16.5. The second kappa shape index (κ2) is 4.33. The van der Waals surface area contributed by atoms with Crippen LogP contribution in [0.5, 0.6) is 0 Å². The molecule has 0 saturated carbocycles. The summed E-state index contributed by atoms with van der Waals surface area (Å²) in [6, 6.07) is 3.33. The van der Waals surface area contributed by atoms with Gasteiger partial charge in [-0.25, -0.2) is 9.78 Å². The van der Waals surface area contributed by atoms with Gasteiger partial charge < -0.3 is 14.7 Å². The number of aromatic carboxylic acids is 1. The fourth-order valence-electron chi connectivity index (χ4n) is 1.96. The molecule has 5 heteroatoms. The van der Waals surface area contributed by atoms with E-state index in [4.69, 9.17) is 9.84 Å². The van der Waals surface area contributed by atoms with Gasteiger partial charge in [0.2, 0.25) is 0 Å². The SMILES string of the molecule is CC1(C)COCCN1c1ccc(C(=O)O)cn1. The molecule has 1 aliphatic rings. The van der Waals surface area contributed by atoms with Gasteiger partial charge in [-0.05, 0) is 26.0 Å². The molecule has 0 amide bonds. The van der Waals surface area contributed by atoms with Gasteiger partial charge in [0, 0.05) is 12.7 Å². The van der Waals surface area contributed by atoms with Gasteiger partial charge in [0.15, 0.2) is 0 Å². The summed E-state index contributed by atoms with van der Waals surface area (Å²) in [5.74, 6) is -0.159. The third-order valence-corrected chi connectivity index (χ3v) is 2.92. The number of hydrogen-bond donors (Lipinski definition) is 1. The molecule has 0 spiro atoms. The Bertz CT molecular complexity index is 414. The molecule has 17 heavy (non-hydrogen) atoms. The number of nitrogens with zero attached hydrogens (tertiary/aromatic N) is 2. The molecule has 0 aliphatic carbocycles. The van der Waals surface area contributed by atoms with Crippen molar-refractivity contribution in [1.29, 1.82) is 0 Å². The molecule has 0 radical (unpaired) electrons. The van der Waals surface area contributed by atoms with Crippen molar-refractivity contribution in [2.75, 3.05) is 24.7 Å². The molecular formula is C12H16N2O3. The molecule has 1 aliphatic heterocycles. The summed E-state index contributed by atoms with van der Waals surface area (Å²) in [5.41, 5.74) is 0.0931. The Labute approximate surface area is 100 Å². The lowest BCUT2D eigenvalue weighted by Gasteiger charge is -2.42. The van der Waals surface area contributed by atoms with Crippen LogP contribution in [0.25, 0.3) is 0 Å². The zero-order valence-corrected chi connectivity index (χ0v) is 10.0. The smallest absolute Gasteiger partial charge is 0.337 e. The Morgan fingerprint density at radius 1 is 1.53 bits per heavy atom. The normalized spacial score (nSPS) is 19.1. The molecular weight excluding hydrogens is 220 g/mol. The van der Waals surface area contributed by atoms with E-state index in [0.29, 0.717) is 13.2 Å². The standard InChI is InChI=1S/C12H16N2O3/c1-12(2)8-17-6-5-14(12)10-4-3-9(7-13-10)11(15)16/h3-4,7H,5-6,8H2,1-2H3,(H,15,16). The highest BCUT2D eigenvalue weighted by molar-refractivity contribution is 5.87. The zero-order valence-electron chi connectivity index (χ0n) is 10.0. The van der Waals surface area contributed by atoms with E-state index in [-0.39, 0.29) is 11.1 Å². The first-order valence-corrected chi connectivity index (χ1v) is 5.55. The summed E-state index contributed by atoms with van der Waals surface area (Å²) in [7, 11) is 0. The van der Waals surface area contributed by atoms with Crippen molar-refractivity contribution in [1.82, 2.24) is 4.98 Å². The highest BCUT2D eigenvalue weighted by Crippen LogP contribution is 2.25. The largest absolute Gasteiger partial charge is 0.478 e. The minimum Gasteiger partial charge on any atom is -0.478 e. The number of anilines is 1. The number of rotatable bonds is 2. The number of morpholine rings is 1. The van der Waals surface area contributed by atoms with Crippen molar-refractivity contribution >= 4 is 11.8 Å². The second-order valence-electron chi connectivity index (χ2n) is 4.73. The molecule has 2 rings (SSSR count). The van der Waals surface area contributed by atoms with E-state index < -0.39 is 5.97 Å². The molecule has 0 atom stereocenters. The lowest BCUT2D eigenvalue weighted by molar-refractivity contribution is 0.0638. The first-order chi connectivity index (χ1) is 8.00. The first-order valence-electron chi connectivity index (χ1n) is 5.55. The second-order valence-corrected chi connectivity index (χ2v) is 4.73. The Morgan fingerprint density at radius 3 is 2.82 bits per heavy atom. The van der Waals surface area contributed by atoms with Crippen LogP contribution in [0.1, 0.15) is 24.2 Å². The molecule has 2 heterocycles. The molecule has 0 unspecified atom stereocenters. The molecule has 0 aromatic carbocycles. The van der Waals surface area contributed by atoms with Crippen LogP contribution in [-0.4, -0.2) is 41.4 Å². The quantitative estimate of drug-likeness (QED) is 0.840. The van der Waals surface area contributed by atoms with Gasteiger partial charge in [-0.1, -0.05) is 0 Å². The third kappa shape index (κ3) is 2.39. The van der Waals surface area contributed by atoms with Crippen LogP contribution in [0.2, 0.25) is 0 Å². The Kier molecular flexibility index (Phi) is 3.02. The minimum atomic E-state index is -0.953. The number of pyridine rings is 1. The van der Waals surface area contributed by atoms with E-state index in [0.717, 1.165) is 12.4 Å². The van der Waals surface area contributed by atoms with E-state index in [1.54, 1.807) is 12.1 Å². The molecule has 92 valence electrons. The van der Waals surface area contributed by atoms with Crippen LogP contribution in [-0.2, 0) is 4.74 Å². The molecule has 1 N–H and O–H groups in total. The summed E-state index contributed by atoms with van der Waals surface area (Å²) in [5, 5.41) is 8.82. The maximum atomic E-state index is 10.7. The van der Waals surface area contributed by atoms with Crippen molar-refractivity contribution < 1.29 is 14.6 Å². The number of carboxylic acids is 1. The van der Waals surface area contributed by atoms with Gasteiger partial charge >= 0.3 is 5.97 Å². The first kappa shape index (κ1) is 11.9. The van der Waals surface area contributed by atoms with Crippen LogP contribution >= 0.6 is 0 Å². The molecule has 1 saturated heterocycles. The fraction of sp³-hybridized carbons (Fsp3) is 0.500. The van der Waals surface area contributed by atoms with E-state index in [1.807, 2.05) is 0 Å². The van der Waals surface area contributed by atoms with Gasteiger partial charge in [-0.2, -0.15) is 0 Å². The molecule has 1 fully saturated rings. The monoisotopic (exact) mass is 236 g/mol. The van der Waals surface area contributed by atoms with Crippen molar-refractivity contribution in [3.8, 4) is 0 Å². The Morgan fingerprint density at radius 2 is 2.29 bits per heavy atom. The van der Waals surface area contributed by atoms with Gasteiger partial charge in [0.25, 0.3) is 0 Å². The summed E-state index contributed by atoms with van der Waals surface area (Å²) in [6.07, 6.45) is 1.39. The molecule has 1 aromatic rings. The van der Waals surface area contributed by atoms with Crippen LogP contribution in [0, 0.1) is 0 Å². The zero-order chi connectivity index (χ0) is 12.5. The molecule has 1 aromatic heterocycles. The van der Waals surface area contributed by atoms with Crippen LogP contribution in [0.15, 0.2) is 18.3 Å². The number of hydrogen-bond acceptors (Lipinski definition) is 4. The predicted octanol–water partition coefficient (Wildman–Crippen LogP) is 1.40. The summed E-state index contributed by atoms with van der Waals surface area (Å²) < 4.78 is 5.43. The van der Waals surface area contributed by atoms with Crippen LogP contribution < -0.4 is 4.90 Å². The highest BCUT2D eigenvalue weighted by Gasteiger charge is 2.31.